The van der Waals surface area contributed by atoms with E-state index in [-0.39, 0.29) is 16.6 Å². The molecule has 0 aliphatic heterocycles. The van der Waals surface area contributed by atoms with E-state index in [2.05, 4.69) is 15.9 Å². The molecular formula is C24H27BrO4. The van der Waals surface area contributed by atoms with Crippen molar-refractivity contribution in [1.29, 1.82) is 0 Å². The third-order valence-electron chi connectivity index (χ3n) is 4.89. The van der Waals surface area contributed by atoms with Crippen molar-refractivity contribution in [1.82, 2.24) is 0 Å². The number of halogens is 1. The summed E-state index contributed by atoms with van der Waals surface area (Å²) >= 11 is 3.46. The van der Waals surface area contributed by atoms with Crippen LogP contribution in [0.3, 0.4) is 0 Å². The van der Waals surface area contributed by atoms with E-state index >= 15 is 0 Å². The lowest BCUT2D eigenvalue weighted by atomic mass is 10.1. The molecule has 0 radical (unpaired) electrons. The third kappa shape index (κ3) is 6.10. The molecule has 0 unspecified atom stereocenters. The molecule has 0 atom stereocenters. The second kappa shape index (κ2) is 11.1. The fraction of sp³-hybridized carbons (Fsp3) is 0.375. The Bertz CT molecular complexity index is 966. The van der Waals surface area contributed by atoms with Crippen molar-refractivity contribution in [3.05, 3.63) is 58.8 Å². The molecule has 3 rings (SSSR count). The summed E-state index contributed by atoms with van der Waals surface area (Å²) in [7, 11) is 0. The summed E-state index contributed by atoms with van der Waals surface area (Å²) in [6.45, 7) is 0.578. The molecule has 0 spiro atoms. The summed E-state index contributed by atoms with van der Waals surface area (Å²) in [6, 6.07) is 14.0. The molecule has 0 fully saturated rings. The number of benzene rings is 2. The molecule has 2 aromatic carbocycles. The molecule has 29 heavy (non-hydrogen) atoms. The maximum atomic E-state index is 12.5. The summed E-state index contributed by atoms with van der Waals surface area (Å²) in [5.41, 5.74) is 0.876. The van der Waals surface area contributed by atoms with Gasteiger partial charge in [0.15, 0.2) is 5.43 Å². The van der Waals surface area contributed by atoms with Crippen LogP contribution >= 0.6 is 15.9 Å². The fourth-order valence-electron chi connectivity index (χ4n) is 3.34. The number of alkyl halides is 1. The number of hydrogen-bond donors (Lipinski definition) is 1. The van der Waals surface area contributed by atoms with Gasteiger partial charge in [-0.15, -0.1) is 0 Å². The number of unbranched alkanes of at least 4 members (excludes halogenated alkanes) is 6. The first-order chi connectivity index (χ1) is 14.2. The predicted octanol–water partition coefficient (Wildman–Crippen LogP) is 6.67. The van der Waals surface area contributed by atoms with Crippen LogP contribution < -0.4 is 10.2 Å². The monoisotopic (exact) mass is 458 g/mol. The molecule has 154 valence electrons. The van der Waals surface area contributed by atoms with Gasteiger partial charge in [-0.1, -0.05) is 78.4 Å². The number of ether oxygens (including phenoxy) is 1. The van der Waals surface area contributed by atoms with Gasteiger partial charge in [-0.25, -0.2) is 0 Å². The maximum absolute atomic E-state index is 12.5. The molecule has 0 saturated carbocycles. The third-order valence-corrected chi connectivity index (χ3v) is 5.45. The lowest BCUT2D eigenvalue weighted by Crippen LogP contribution is -2.02. The molecular weight excluding hydrogens is 432 g/mol. The highest BCUT2D eigenvalue weighted by molar-refractivity contribution is 9.09. The van der Waals surface area contributed by atoms with E-state index in [0.717, 1.165) is 23.7 Å². The van der Waals surface area contributed by atoms with Crippen LogP contribution in [0.25, 0.3) is 22.3 Å². The van der Waals surface area contributed by atoms with Crippen LogP contribution in [-0.4, -0.2) is 17.0 Å². The first-order valence-corrected chi connectivity index (χ1v) is 11.4. The Morgan fingerprint density at radius 2 is 1.59 bits per heavy atom. The van der Waals surface area contributed by atoms with E-state index in [1.54, 1.807) is 6.07 Å². The lowest BCUT2D eigenvalue weighted by Gasteiger charge is -2.09. The van der Waals surface area contributed by atoms with Gasteiger partial charge in [0.25, 0.3) is 0 Å². The van der Waals surface area contributed by atoms with Crippen LogP contribution in [0.2, 0.25) is 0 Å². The second-order valence-corrected chi connectivity index (χ2v) is 7.96. The van der Waals surface area contributed by atoms with Crippen LogP contribution in [0.1, 0.15) is 44.9 Å². The molecule has 4 nitrogen and oxygen atoms in total. The van der Waals surface area contributed by atoms with Crippen molar-refractivity contribution < 1.29 is 14.3 Å². The van der Waals surface area contributed by atoms with Crippen molar-refractivity contribution >= 4 is 26.9 Å². The lowest BCUT2D eigenvalue weighted by molar-refractivity contribution is 0.303. The van der Waals surface area contributed by atoms with E-state index in [1.165, 1.54) is 44.2 Å². The topological polar surface area (TPSA) is 59.7 Å². The van der Waals surface area contributed by atoms with E-state index in [0.29, 0.717) is 23.7 Å². The minimum atomic E-state index is -0.269. The largest absolute Gasteiger partial charge is 0.507 e. The van der Waals surface area contributed by atoms with Gasteiger partial charge in [0.2, 0.25) is 0 Å². The molecule has 1 N–H and O–H groups in total. The van der Waals surface area contributed by atoms with Gasteiger partial charge < -0.3 is 14.3 Å². The highest BCUT2D eigenvalue weighted by Crippen LogP contribution is 2.31. The van der Waals surface area contributed by atoms with E-state index in [1.807, 2.05) is 30.3 Å². The number of fused-ring (bicyclic) bond motifs is 1. The molecule has 0 aliphatic rings. The van der Waals surface area contributed by atoms with E-state index in [9.17, 15) is 9.90 Å². The molecule has 5 heteroatoms. The molecule has 0 bridgehead atoms. The fourth-order valence-corrected chi connectivity index (χ4v) is 3.74. The van der Waals surface area contributed by atoms with Crippen molar-refractivity contribution in [3.63, 3.8) is 0 Å². The Morgan fingerprint density at radius 1 is 0.897 bits per heavy atom. The van der Waals surface area contributed by atoms with Crippen LogP contribution in [0.15, 0.2) is 57.7 Å². The molecule has 0 aliphatic carbocycles. The zero-order valence-electron chi connectivity index (χ0n) is 16.5. The van der Waals surface area contributed by atoms with Gasteiger partial charge in [0.05, 0.1) is 6.61 Å². The smallest absolute Gasteiger partial charge is 0.197 e. The first-order valence-electron chi connectivity index (χ1n) is 10.2. The van der Waals surface area contributed by atoms with Crippen LogP contribution in [-0.2, 0) is 0 Å². The zero-order chi connectivity index (χ0) is 20.5. The Balaban J connectivity index is 1.62. The summed E-state index contributed by atoms with van der Waals surface area (Å²) in [5, 5.41) is 11.6. The second-order valence-electron chi connectivity index (χ2n) is 7.17. The highest BCUT2D eigenvalue weighted by Gasteiger charge is 2.12. The van der Waals surface area contributed by atoms with Gasteiger partial charge in [-0.3, -0.25) is 4.79 Å². The Hall–Kier alpha value is -2.27. The molecule has 3 aromatic rings. The Labute approximate surface area is 179 Å². The standard InChI is InChI=1S/C24H27BrO4/c25-13-9-4-2-1-3-5-10-14-28-19-15-20(26)24-21(27)17-22(29-23(24)16-19)18-11-7-6-8-12-18/h6-8,11-12,15-17,26H,1-5,9-10,13-14H2. The van der Waals surface area contributed by atoms with Crippen molar-refractivity contribution in [2.24, 2.45) is 0 Å². The van der Waals surface area contributed by atoms with Gasteiger partial charge in [-0.05, 0) is 12.8 Å². The van der Waals surface area contributed by atoms with Crippen LogP contribution in [0.4, 0.5) is 0 Å². The number of rotatable bonds is 11. The molecule has 1 aromatic heterocycles. The van der Waals surface area contributed by atoms with Crippen molar-refractivity contribution in [2.75, 3.05) is 11.9 Å². The van der Waals surface area contributed by atoms with Crippen molar-refractivity contribution in [3.8, 4) is 22.8 Å². The summed E-state index contributed by atoms with van der Waals surface area (Å²) in [6.07, 6.45) is 8.38. The average Bonchev–Trinajstić information content (AvgIpc) is 2.72. The van der Waals surface area contributed by atoms with E-state index in [4.69, 9.17) is 9.15 Å². The van der Waals surface area contributed by atoms with Gasteiger partial charge in [0.1, 0.15) is 28.2 Å². The van der Waals surface area contributed by atoms with Gasteiger partial charge in [0, 0.05) is 29.1 Å². The van der Waals surface area contributed by atoms with Crippen LogP contribution in [0, 0.1) is 0 Å². The zero-order valence-corrected chi connectivity index (χ0v) is 18.1. The summed E-state index contributed by atoms with van der Waals surface area (Å²) < 4.78 is 11.7. The number of aromatic hydroxyl groups is 1. The van der Waals surface area contributed by atoms with Crippen molar-refractivity contribution in [2.45, 2.75) is 44.9 Å². The molecule has 1 heterocycles. The predicted molar refractivity (Wildman–Crippen MR) is 121 cm³/mol. The maximum Gasteiger partial charge on any atom is 0.197 e. The SMILES string of the molecule is O=c1cc(-c2ccccc2)oc2cc(OCCCCCCCCCBr)cc(O)c12. The first kappa shape index (κ1) is 21.4. The molecule has 0 amide bonds. The van der Waals surface area contributed by atoms with Gasteiger partial charge in [-0.2, -0.15) is 0 Å². The number of phenols is 1. The summed E-state index contributed by atoms with van der Waals surface area (Å²) in [5.74, 6) is 0.873. The minimum absolute atomic E-state index is 0.113. The van der Waals surface area contributed by atoms with E-state index < -0.39 is 0 Å². The normalized spacial score (nSPS) is 11.1. The Kier molecular flexibility index (Phi) is 8.17. The average molecular weight is 459 g/mol. The number of phenolic OH excluding ortho intramolecular Hbond substituents is 1. The van der Waals surface area contributed by atoms with Crippen LogP contribution in [0.5, 0.6) is 11.5 Å². The highest BCUT2D eigenvalue weighted by atomic mass is 79.9. The number of hydrogen-bond acceptors (Lipinski definition) is 4. The molecule has 0 saturated heterocycles. The summed E-state index contributed by atoms with van der Waals surface area (Å²) in [4.78, 5) is 12.5. The minimum Gasteiger partial charge on any atom is -0.507 e. The quantitative estimate of drug-likeness (QED) is 0.257. The van der Waals surface area contributed by atoms with Gasteiger partial charge >= 0.3 is 0 Å². The Morgan fingerprint density at radius 3 is 2.31 bits per heavy atom.